The molecule has 94 valence electrons. The van der Waals surface area contributed by atoms with Crippen molar-refractivity contribution in [2.45, 2.75) is 40.0 Å². The van der Waals surface area contributed by atoms with Gasteiger partial charge in [-0.25, -0.2) is 4.79 Å². The van der Waals surface area contributed by atoms with Crippen LogP contribution in [0.4, 0.5) is 4.79 Å². The van der Waals surface area contributed by atoms with Crippen molar-refractivity contribution in [1.29, 1.82) is 0 Å². The van der Waals surface area contributed by atoms with Gasteiger partial charge in [-0.3, -0.25) is 0 Å². The first-order valence-electron chi connectivity index (χ1n) is 5.92. The minimum atomic E-state index is -1.83. The summed E-state index contributed by atoms with van der Waals surface area (Å²) in [6.45, 7) is 11.0. The largest absolute Gasteiger partial charge is 0.503 e. The number of allylic oxidation sites excluding steroid dienone is 1. The number of hydrogen-bond acceptors (Lipinski definition) is 1. The molecule has 3 nitrogen and oxygen atoms in total. The van der Waals surface area contributed by atoms with E-state index in [9.17, 15) is 0 Å². The molecule has 1 fully saturated rings. The Morgan fingerprint density at radius 3 is 2.25 bits per heavy atom. The molecular formula is C13H24O3. The lowest BCUT2D eigenvalue weighted by Gasteiger charge is -2.35. The molecule has 0 aromatic heterocycles. The van der Waals surface area contributed by atoms with E-state index < -0.39 is 6.16 Å². The molecule has 0 saturated heterocycles. The summed E-state index contributed by atoms with van der Waals surface area (Å²) in [6.07, 6.45) is 4.55. The van der Waals surface area contributed by atoms with Crippen molar-refractivity contribution in [1.82, 2.24) is 0 Å². The van der Waals surface area contributed by atoms with Crippen LogP contribution in [0.1, 0.15) is 40.0 Å². The highest BCUT2D eigenvalue weighted by atomic mass is 16.6. The van der Waals surface area contributed by atoms with Crippen LogP contribution < -0.4 is 0 Å². The number of hydrogen-bond donors (Lipinski definition) is 2. The van der Waals surface area contributed by atoms with Crippen molar-refractivity contribution in [3.63, 3.8) is 0 Å². The lowest BCUT2D eigenvalue weighted by molar-refractivity contribution is 0.137. The van der Waals surface area contributed by atoms with E-state index in [1.807, 2.05) is 0 Å². The van der Waals surface area contributed by atoms with Gasteiger partial charge in [0.1, 0.15) is 0 Å². The van der Waals surface area contributed by atoms with Gasteiger partial charge in [0.2, 0.25) is 0 Å². The summed E-state index contributed by atoms with van der Waals surface area (Å²) in [7, 11) is 0. The van der Waals surface area contributed by atoms with Gasteiger partial charge in [0, 0.05) is 0 Å². The average molecular weight is 228 g/mol. The first-order valence-corrected chi connectivity index (χ1v) is 5.92. The summed E-state index contributed by atoms with van der Waals surface area (Å²) >= 11 is 0. The van der Waals surface area contributed by atoms with Gasteiger partial charge in [-0.1, -0.05) is 33.3 Å². The van der Waals surface area contributed by atoms with E-state index in [0.29, 0.717) is 0 Å². The summed E-state index contributed by atoms with van der Waals surface area (Å²) < 4.78 is 0. The summed E-state index contributed by atoms with van der Waals surface area (Å²) in [4.78, 5) is 8.56. The maximum atomic E-state index is 8.56. The van der Waals surface area contributed by atoms with E-state index in [4.69, 9.17) is 15.0 Å². The molecule has 1 aliphatic rings. The van der Waals surface area contributed by atoms with Gasteiger partial charge in [-0.05, 0) is 36.5 Å². The molecule has 0 aromatic rings. The Labute approximate surface area is 98.2 Å². The predicted molar refractivity (Wildman–Crippen MR) is 65.7 cm³/mol. The van der Waals surface area contributed by atoms with Gasteiger partial charge in [0.05, 0.1) is 0 Å². The third kappa shape index (κ3) is 5.79. The number of carbonyl (C=O) groups is 1. The summed E-state index contributed by atoms with van der Waals surface area (Å²) in [5.74, 6) is 3.44. The van der Waals surface area contributed by atoms with Crippen LogP contribution >= 0.6 is 0 Å². The smallest absolute Gasteiger partial charge is 0.450 e. The number of carboxylic acid groups (broad SMARTS) is 2. The molecule has 3 heteroatoms. The molecule has 3 unspecified atom stereocenters. The van der Waals surface area contributed by atoms with Crippen molar-refractivity contribution in [3.8, 4) is 0 Å². The van der Waals surface area contributed by atoms with Gasteiger partial charge in [-0.15, -0.1) is 6.58 Å². The zero-order valence-electron chi connectivity index (χ0n) is 10.5. The number of rotatable bonds is 2. The highest BCUT2D eigenvalue weighted by molar-refractivity contribution is 5.53. The van der Waals surface area contributed by atoms with Gasteiger partial charge < -0.3 is 10.2 Å². The fourth-order valence-corrected chi connectivity index (χ4v) is 2.55. The molecule has 16 heavy (non-hydrogen) atoms. The fraction of sp³-hybridized carbons (Fsp3) is 0.769. The van der Waals surface area contributed by atoms with E-state index in [0.717, 1.165) is 23.7 Å². The van der Waals surface area contributed by atoms with Crippen LogP contribution in [-0.4, -0.2) is 16.4 Å². The minimum Gasteiger partial charge on any atom is -0.450 e. The molecule has 0 spiro atoms. The fourth-order valence-electron chi connectivity index (χ4n) is 2.55. The Morgan fingerprint density at radius 1 is 1.38 bits per heavy atom. The molecule has 2 N–H and O–H groups in total. The minimum absolute atomic E-state index is 0.786. The Kier molecular flexibility index (Phi) is 6.86. The molecule has 1 rings (SSSR count). The lowest BCUT2D eigenvalue weighted by Crippen LogP contribution is -2.26. The average Bonchev–Trinajstić information content (AvgIpc) is 2.16. The maximum absolute atomic E-state index is 8.56. The predicted octanol–water partition coefficient (Wildman–Crippen LogP) is 4.10. The van der Waals surface area contributed by atoms with Crippen molar-refractivity contribution in [3.05, 3.63) is 12.7 Å². The van der Waals surface area contributed by atoms with Crippen LogP contribution in [0.3, 0.4) is 0 Å². The molecule has 1 aliphatic carbocycles. The molecule has 1 saturated carbocycles. The van der Waals surface area contributed by atoms with E-state index in [2.05, 4.69) is 33.4 Å². The standard InChI is InChI=1S/C12H22.CH2O3/c1-5-11-8-10(4)6-7-12(11)9(2)3;2-1(3)4/h5,9-12H,1,6-8H2,2-4H3;(H2,2,3,4). The van der Waals surface area contributed by atoms with Crippen LogP contribution in [0.25, 0.3) is 0 Å². The van der Waals surface area contributed by atoms with Crippen LogP contribution in [0.15, 0.2) is 12.7 Å². The van der Waals surface area contributed by atoms with E-state index in [1.165, 1.54) is 19.3 Å². The topological polar surface area (TPSA) is 57.5 Å². The quantitative estimate of drug-likeness (QED) is 0.699. The summed E-state index contributed by atoms with van der Waals surface area (Å²) in [5.41, 5.74) is 0. The van der Waals surface area contributed by atoms with Crippen molar-refractivity contribution < 1.29 is 15.0 Å². The van der Waals surface area contributed by atoms with Crippen LogP contribution in [0.2, 0.25) is 0 Å². The van der Waals surface area contributed by atoms with Crippen molar-refractivity contribution >= 4 is 6.16 Å². The third-order valence-corrected chi connectivity index (χ3v) is 3.38. The molecule has 0 aromatic carbocycles. The summed E-state index contributed by atoms with van der Waals surface area (Å²) in [6, 6.07) is 0. The second-order valence-corrected chi connectivity index (χ2v) is 5.01. The SMILES string of the molecule is C=CC1CC(C)CCC1C(C)C.O=C(O)O. The molecule has 0 aliphatic heterocycles. The first-order chi connectivity index (χ1) is 7.38. The molecule has 0 bridgehead atoms. The Bertz CT molecular complexity index is 219. The van der Waals surface area contributed by atoms with E-state index in [-0.39, 0.29) is 0 Å². The van der Waals surface area contributed by atoms with Gasteiger partial charge >= 0.3 is 6.16 Å². The molecule has 0 radical (unpaired) electrons. The van der Waals surface area contributed by atoms with Crippen LogP contribution in [0.5, 0.6) is 0 Å². The van der Waals surface area contributed by atoms with Crippen molar-refractivity contribution in [2.75, 3.05) is 0 Å². The van der Waals surface area contributed by atoms with Crippen LogP contribution in [0, 0.1) is 23.7 Å². The van der Waals surface area contributed by atoms with Crippen molar-refractivity contribution in [2.24, 2.45) is 23.7 Å². The molecular weight excluding hydrogens is 204 g/mol. The van der Waals surface area contributed by atoms with Gasteiger partial charge in [0.25, 0.3) is 0 Å². The highest BCUT2D eigenvalue weighted by Gasteiger charge is 2.28. The third-order valence-electron chi connectivity index (χ3n) is 3.38. The summed E-state index contributed by atoms with van der Waals surface area (Å²) in [5, 5.41) is 13.9. The Morgan fingerprint density at radius 2 is 1.88 bits per heavy atom. The monoisotopic (exact) mass is 228 g/mol. The van der Waals surface area contributed by atoms with E-state index in [1.54, 1.807) is 0 Å². The Hall–Kier alpha value is -0.990. The molecule has 0 amide bonds. The maximum Gasteiger partial charge on any atom is 0.503 e. The molecule has 0 heterocycles. The Balaban J connectivity index is 0.000000487. The van der Waals surface area contributed by atoms with Crippen LogP contribution in [-0.2, 0) is 0 Å². The highest BCUT2D eigenvalue weighted by Crippen LogP contribution is 2.38. The lowest BCUT2D eigenvalue weighted by atomic mass is 9.70. The normalized spacial score (nSPS) is 29.1. The second-order valence-electron chi connectivity index (χ2n) is 5.01. The molecule has 3 atom stereocenters. The zero-order valence-corrected chi connectivity index (χ0v) is 10.5. The second kappa shape index (κ2) is 7.31. The van der Waals surface area contributed by atoms with Gasteiger partial charge in [0.15, 0.2) is 0 Å². The first kappa shape index (κ1) is 15.0. The van der Waals surface area contributed by atoms with E-state index >= 15 is 0 Å². The van der Waals surface area contributed by atoms with Gasteiger partial charge in [-0.2, -0.15) is 0 Å². The zero-order chi connectivity index (χ0) is 12.7.